The molecule has 14 heteroatoms. The number of nitrogens with one attached hydrogen (secondary N) is 3. The molecule has 1 aliphatic heterocycles. The first-order valence-corrected chi connectivity index (χ1v) is 15.4. The van der Waals surface area contributed by atoms with Gasteiger partial charge in [0.05, 0.1) is 25.0 Å². The second kappa shape index (κ2) is 13.6. The largest absolute Gasteiger partial charge is 0.496 e. The molecule has 2 aromatic rings. The van der Waals surface area contributed by atoms with E-state index >= 15 is 0 Å². The second-order valence-electron chi connectivity index (χ2n) is 11.6. The van der Waals surface area contributed by atoms with E-state index in [1.807, 2.05) is 0 Å². The fourth-order valence-corrected chi connectivity index (χ4v) is 6.42. The molecule has 0 bridgehead atoms. The van der Waals surface area contributed by atoms with Crippen molar-refractivity contribution in [3.05, 3.63) is 58.1 Å². The summed E-state index contributed by atoms with van der Waals surface area (Å²) in [6, 6.07) is 6.04. The molecule has 0 aromatic heterocycles. The maximum absolute atomic E-state index is 13.2. The Balaban J connectivity index is 1.76. The molecule has 0 aliphatic carbocycles. The van der Waals surface area contributed by atoms with E-state index in [-0.39, 0.29) is 24.5 Å². The van der Waals surface area contributed by atoms with Gasteiger partial charge in [-0.05, 0) is 75.4 Å². The zero-order valence-corrected chi connectivity index (χ0v) is 26.8. The molecule has 2 atom stereocenters. The average Bonchev–Trinajstić information content (AvgIpc) is 2.91. The Bertz CT molecular complexity index is 1530. The van der Waals surface area contributed by atoms with Crippen LogP contribution in [0.25, 0.3) is 0 Å². The zero-order valence-electron chi connectivity index (χ0n) is 25.9. The molecule has 240 valence electrons. The maximum atomic E-state index is 13.2. The lowest BCUT2D eigenvalue weighted by atomic mass is 10.0. The van der Waals surface area contributed by atoms with Gasteiger partial charge in [0.15, 0.2) is 0 Å². The highest BCUT2D eigenvalue weighted by Crippen LogP contribution is 2.30. The quantitative estimate of drug-likeness (QED) is 0.289. The number of benzene rings is 2. The number of rotatable bonds is 11. The number of hydrogen-bond acceptors (Lipinski definition) is 8. The molecule has 0 unspecified atom stereocenters. The van der Waals surface area contributed by atoms with E-state index < -0.39 is 58.0 Å². The van der Waals surface area contributed by atoms with Gasteiger partial charge in [-0.25, -0.2) is 17.9 Å². The number of amides is 3. The normalized spacial score (nSPS) is 17.2. The van der Waals surface area contributed by atoms with E-state index in [4.69, 9.17) is 9.47 Å². The number of aliphatic carboxylic acids is 1. The lowest BCUT2D eigenvalue weighted by molar-refractivity contribution is -0.152. The summed E-state index contributed by atoms with van der Waals surface area (Å²) in [5, 5.41) is 14.2. The molecule has 0 spiro atoms. The highest BCUT2D eigenvalue weighted by atomic mass is 32.2. The van der Waals surface area contributed by atoms with Gasteiger partial charge in [0.2, 0.25) is 21.8 Å². The minimum Gasteiger partial charge on any atom is -0.496 e. The van der Waals surface area contributed by atoms with Crippen molar-refractivity contribution in [1.82, 2.24) is 20.3 Å². The fraction of sp³-hybridized carbons (Fsp3) is 0.467. The van der Waals surface area contributed by atoms with Gasteiger partial charge < -0.3 is 30.1 Å². The van der Waals surface area contributed by atoms with Gasteiger partial charge in [-0.15, -0.1) is 0 Å². The number of carboxylic acids is 1. The summed E-state index contributed by atoms with van der Waals surface area (Å²) in [7, 11) is -2.33. The van der Waals surface area contributed by atoms with E-state index in [0.717, 1.165) is 5.56 Å². The van der Waals surface area contributed by atoms with Crippen LogP contribution in [-0.4, -0.2) is 73.6 Å². The predicted octanol–water partition coefficient (Wildman–Crippen LogP) is 2.29. The van der Waals surface area contributed by atoms with Gasteiger partial charge in [0.25, 0.3) is 0 Å². The first-order chi connectivity index (χ1) is 20.4. The average molecular weight is 633 g/mol. The number of piperazine rings is 1. The van der Waals surface area contributed by atoms with Crippen molar-refractivity contribution in [2.45, 2.75) is 83.6 Å². The minimum absolute atomic E-state index is 0.000734. The Kier molecular flexibility index (Phi) is 10.6. The predicted molar refractivity (Wildman–Crippen MR) is 160 cm³/mol. The van der Waals surface area contributed by atoms with Crippen LogP contribution in [0.5, 0.6) is 5.75 Å². The molecule has 1 aliphatic rings. The van der Waals surface area contributed by atoms with E-state index in [2.05, 4.69) is 15.4 Å². The highest BCUT2D eigenvalue weighted by Gasteiger charge is 2.41. The lowest BCUT2D eigenvalue weighted by Crippen LogP contribution is -2.65. The third-order valence-electron chi connectivity index (χ3n) is 7.10. The number of methoxy groups -OCH3 is 1. The Morgan fingerprint density at radius 1 is 1.05 bits per heavy atom. The first kappa shape index (κ1) is 34.3. The molecule has 3 amide bonds. The van der Waals surface area contributed by atoms with Gasteiger partial charge in [0, 0.05) is 13.1 Å². The number of hydrogen-bond donors (Lipinski definition) is 4. The van der Waals surface area contributed by atoms with Crippen LogP contribution in [0, 0.1) is 20.8 Å². The van der Waals surface area contributed by atoms with E-state index in [9.17, 15) is 32.7 Å². The van der Waals surface area contributed by atoms with Crippen molar-refractivity contribution in [3.63, 3.8) is 0 Å². The molecule has 1 fully saturated rings. The van der Waals surface area contributed by atoms with Crippen LogP contribution in [-0.2, 0) is 42.2 Å². The van der Waals surface area contributed by atoms with Crippen molar-refractivity contribution >= 4 is 33.9 Å². The van der Waals surface area contributed by atoms with Gasteiger partial charge in [-0.1, -0.05) is 24.3 Å². The number of nitrogens with zero attached hydrogens (tertiary/aromatic N) is 1. The number of carbonyl (C=O) groups excluding carboxylic acids is 3. The van der Waals surface area contributed by atoms with Crippen LogP contribution in [0.15, 0.2) is 35.2 Å². The van der Waals surface area contributed by atoms with Crippen molar-refractivity contribution in [3.8, 4) is 5.75 Å². The van der Waals surface area contributed by atoms with Crippen LogP contribution in [0.1, 0.15) is 55.0 Å². The minimum atomic E-state index is -3.86. The Hall–Kier alpha value is -4.17. The van der Waals surface area contributed by atoms with Gasteiger partial charge in [0.1, 0.15) is 23.4 Å². The Morgan fingerprint density at radius 3 is 2.23 bits per heavy atom. The third-order valence-corrected chi connectivity index (χ3v) is 8.79. The summed E-state index contributed by atoms with van der Waals surface area (Å²) in [6.45, 7) is 9.97. The SMILES string of the molecule is COc1cc(C)c(S(=O)(=O)NCc2ccc(CN3C(=O)[C@H](CC(=O)O)NC(=O)[C@H]3CNC(=O)OC(C)(C)C)cc2)c(C)c1C. The van der Waals surface area contributed by atoms with Crippen molar-refractivity contribution in [1.29, 1.82) is 0 Å². The monoisotopic (exact) mass is 632 g/mol. The van der Waals surface area contributed by atoms with Crippen molar-refractivity contribution in [2.24, 2.45) is 0 Å². The lowest BCUT2D eigenvalue weighted by Gasteiger charge is -2.38. The molecule has 2 aromatic carbocycles. The number of carbonyl (C=O) groups is 4. The molecule has 4 N–H and O–H groups in total. The number of aryl methyl sites for hydroxylation is 1. The molecule has 0 saturated carbocycles. The molecule has 1 heterocycles. The molecule has 0 radical (unpaired) electrons. The Labute approximate surface area is 257 Å². The van der Waals surface area contributed by atoms with E-state index in [0.29, 0.717) is 28.0 Å². The standard InChI is InChI=1S/C30H40N4O9S/c1-17-12-24(42-7)18(2)19(3)26(17)44(40,41)32-14-20-8-10-21(11-9-20)16-34-23(15-31-29(39)43-30(4,5)6)27(37)33-22(28(34)38)13-25(35)36/h8-12,22-23,32H,13-16H2,1-7H3,(H,31,39)(H,33,37)(H,35,36)/t22-,23+/m0/s1. The molecule has 13 nitrogen and oxygen atoms in total. The summed E-state index contributed by atoms with van der Waals surface area (Å²) in [5.74, 6) is -1.87. The van der Waals surface area contributed by atoms with Gasteiger partial charge in [-0.2, -0.15) is 0 Å². The van der Waals surface area contributed by atoms with Crippen LogP contribution >= 0.6 is 0 Å². The highest BCUT2D eigenvalue weighted by molar-refractivity contribution is 7.89. The summed E-state index contributed by atoms with van der Waals surface area (Å²) in [6.07, 6.45) is -1.37. The third kappa shape index (κ3) is 8.47. The number of carboxylic acid groups (broad SMARTS) is 1. The molecular formula is C30H40N4O9S. The van der Waals surface area contributed by atoms with Crippen LogP contribution in [0.4, 0.5) is 4.79 Å². The van der Waals surface area contributed by atoms with E-state index in [1.165, 1.54) is 12.0 Å². The summed E-state index contributed by atoms with van der Waals surface area (Å²) in [5.41, 5.74) is 2.36. The Morgan fingerprint density at radius 2 is 1.66 bits per heavy atom. The zero-order chi connectivity index (χ0) is 33.0. The maximum Gasteiger partial charge on any atom is 0.407 e. The first-order valence-electron chi connectivity index (χ1n) is 13.9. The molecule has 3 rings (SSSR count). The number of sulfonamides is 1. The summed E-state index contributed by atoms with van der Waals surface area (Å²) >= 11 is 0. The topological polar surface area (TPSA) is 180 Å². The van der Waals surface area contributed by atoms with E-state index in [1.54, 1.807) is 71.9 Å². The van der Waals surface area contributed by atoms with Gasteiger partial charge in [-0.3, -0.25) is 14.4 Å². The van der Waals surface area contributed by atoms with Crippen molar-refractivity contribution < 1.29 is 42.2 Å². The summed E-state index contributed by atoms with van der Waals surface area (Å²) < 4.78 is 39.6. The smallest absolute Gasteiger partial charge is 0.407 e. The number of ether oxygens (including phenoxy) is 2. The van der Waals surface area contributed by atoms with Gasteiger partial charge >= 0.3 is 12.1 Å². The van der Waals surface area contributed by atoms with Crippen LogP contribution in [0.3, 0.4) is 0 Å². The second-order valence-corrected chi connectivity index (χ2v) is 13.3. The fourth-order valence-electron chi connectivity index (χ4n) is 4.88. The molecular weight excluding hydrogens is 592 g/mol. The number of alkyl carbamates (subject to hydrolysis) is 1. The molecule has 1 saturated heterocycles. The van der Waals surface area contributed by atoms with Crippen molar-refractivity contribution in [2.75, 3.05) is 13.7 Å². The van der Waals surface area contributed by atoms with Crippen LogP contribution < -0.4 is 20.1 Å². The molecule has 44 heavy (non-hydrogen) atoms. The summed E-state index contributed by atoms with van der Waals surface area (Å²) in [4.78, 5) is 51.1. The van der Waals surface area contributed by atoms with Crippen LogP contribution in [0.2, 0.25) is 0 Å².